The zero-order valence-corrected chi connectivity index (χ0v) is 17.1. The van der Waals surface area contributed by atoms with Crippen LogP contribution in [0.15, 0.2) is 72.8 Å². The number of amides is 1. The van der Waals surface area contributed by atoms with Crippen LogP contribution in [0.4, 0.5) is 0 Å². The van der Waals surface area contributed by atoms with Gasteiger partial charge in [0.25, 0.3) is 0 Å². The lowest BCUT2D eigenvalue weighted by atomic mass is 10.0. The molecule has 0 saturated heterocycles. The minimum atomic E-state index is 0.103. The van der Waals surface area contributed by atoms with Crippen LogP contribution >= 0.6 is 0 Å². The summed E-state index contributed by atoms with van der Waals surface area (Å²) in [6.07, 6.45) is 0.395. The summed E-state index contributed by atoms with van der Waals surface area (Å²) in [5, 5.41) is 7.04. The molecule has 0 saturated carbocycles. The van der Waals surface area contributed by atoms with Gasteiger partial charge >= 0.3 is 0 Å². The fourth-order valence-electron chi connectivity index (χ4n) is 3.71. The predicted octanol–water partition coefficient (Wildman–Crippen LogP) is 4.84. The number of nitrogens with zero attached hydrogens (tertiary/aromatic N) is 3. The van der Waals surface area contributed by atoms with Crippen molar-refractivity contribution in [2.75, 3.05) is 7.05 Å². The van der Waals surface area contributed by atoms with Crippen molar-refractivity contribution in [3.05, 3.63) is 95.3 Å². The van der Waals surface area contributed by atoms with Gasteiger partial charge in [-0.15, -0.1) is 0 Å². The Kier molecular flexibility index (Phi) is 5.17. The molecule has 4 rings (SSSR count). The van der Waals surface area contributed by atoms with E-state index in [1.807, 2.05) is 67.2 Å². The van der Waals surface area contributed by atoms with Gasteiger partial charge in [-0.2, -0.15) is 5.10 Å². The Morgan fingerprint density at radius 2 is 1.62 bits per heavy atom. The van der Waals surface area contributed by atoms with Crippen LogP contribution in [-0.4, -0.2) is 27.6 Å². The maximum Gasteiger partial charge on any atom is 0.227 e. The van der Waals surface area contributed by atoms with Crippen molar-refractivity contribution in [2.24, 2.45) is 0 Å². The van der Waals surface area contributed by atoms with Crippen LogP contribution in [0.25, 0.3) is 16.5 Å². The van der Waals surface area contributed by atoms with E-state index in [2.05, 4.69) is 36.3 Å². The van der Waals surface area contributed by atoms with Crippen molar-refractivity contribution in [1.82, 2.24) is 14.7 Å². The number of carbonyl (C=O) groups is 1. The number of hydrogen-bond donors (Lipinski definition) is 0. The highest BCUT2D eigenvalue weighted by Gasteiger charge is 2.17. The minimum Gasteiger partial charge on any atom is -0.341 e. The van der Waals surface area contributed by atoms with E-state index in [1.54, 1.807) is 4.90 Å². The zero-order chi connectivity index (χ0) is 20.4. The number of rotatable bonds is 5. The molecular formula is C25H25N3O. The summed E-state index contributed by atoms with van der Waals surface area (Å²) in [5.41, 5.74) is 5.19. The van der Waals surface area contributed by atoms with E-state index < -0.39 is 0 Å². The summed E-state index contributed by atoms with van der Waals surface area (Å²) >= 11 is 0. The van der Waals surface area contributed by atoms with Gasteiger partial charge < -0.3 is 4.90 Å². The fraction of sp³-hybridized carbons (Fsp3) is 0.200. The molecule has 0 N–H and O–H groups in total. The molecule has 1 heterocycles. The standard InChI is InChI=1S/C25H25N3O/c1-18-24(19(2)28(26-18)23-11-5-4-6-12-23)17-27(3)25(29)16-20-13-14-21-9-7-8-10-22(21)15-20/h4-15H,16-17H2,1-3H3. The molecule has 3 aromatic carbocycles. The summed E-state index contributed by atoms with van der Waals surface area (Å²) in [4.78, 5) is 14.6. The second kappa shape index (κ2) is 7.92. The highest BCUT2D eigenvalue weighted by atomic mass is 16.2. The molecule has 0 spiro atoms. The third-order valence-electron chi connectivity index (χ3n) is 5.43. The van der Waals surface area contributed by atoms with E-state index in [0.717, 1.165) is 33.6 Å². The molecule has 1 amide bonds. The van der Waals surface area contributed by atoms with E-state index in [-0.39, 0.29) is 5.91 Å². The molecule has 0 unspecified atom stereocenters. The van der Waals surface area contributed by atoms with Crippen LogP contribution in [-0.2, 0) is 17.8 Å². The Morgan fingerprint density at radius 3 is 2.38 bits per heavy atom. The Bertz CT molecular complexity index is 1160. The summed E-state index contributed by atoms with van der Waals surface area (Å²) in [6, 6.07) is 24.5. The summed E-state index contributed by atoms with van der Waals surface area (Å²) in [5.74, 6) is 0.103. The first-order valence-electron chi connectivity index (χ1n) is 9.85. The van der Waals surface area contributed by atoms with Crippen molar-refractivity contribution in [3.8, 4) is 5.69 Å². The highest BCUT2D eigenvalue weighted by Crippen LogP contribution is 2.20. The van der Waals surface area contributed by atoms with Crippen molar-refractivity contribution in [3.63, 3.8) is 0 Å². The molecule has 4 nitrogen and oxygen atoms in total. The monoisotopic (exact) mass is 383 g/mol. The van der Waals surface area contributed by atoms with Gasteiger partial charge in [-0.05, 0) is 42.3 Å². The average Bonchev–Trinajstić information content (AvgIpc) is 3.02. The topological polar surface area (TPSA) is 38.1 Å². The van der Waals surface area contributed by atoms with Crippen molar-refractivity contribution >= 4 is 16.7 Å². The number of benzene rings is 3. The van der Waals surface area contributed by atoms with Gasteiger partial charge in [-0.1, -0.05) is 60.7 Å². The number of hydrogen-bond acceptors (Lipinski definition) is 2. The van der Waals surface area contributed by atoms with Crippen molar-refractivity contribution in [2.45, 2.75) is 26.8 Å². The lowest BCUT2D eigenvalue weighted by molar-refractivity contribution is -0.129. The molecule has 0 radical (unpaired) electrons. The number of likely N-dealkylation sites (N-methyl/N-ethyl adjacent to an activating group) is 1. The van der Waals surface area contributed by atoms with Gasteiger partial charge in [0.15, 0.2) is 0 Å². The second-order valence-corrected chi connectivity index (χ2v) is 7.50. The second-order valence-electron chi connectivity index (χ2n) is 7.50. The normalized spacial score (nSPS) is 11.0. The molecule has 0 aliphatic carbocycles. The molecule has 29 heavy (non-hydrogen) atoms. The van der Waals surface area contributed by atoms with Gasteiger partial charge in [0.1, 0.15) is 0 Å². The van der Waals surface area contributed by atoms with Gasteiger partial charge in [0.2, 0.25) is 5.91 Å². The quantitative estimate of drug-likeness (QED) is 0.494. The lowest BCUT2D eigenvalue weighted by Gasteiger charge is -2.18. The number of fused-ring (bicyclic) bond motifs is 1. The zero-order valence-electron chi connectivity index (χ0n) is 17.1. The van der Waals surface area contributed by atoms with E-state index in [4.69, 9.17) is 0 Å². The van der Waals surface area contributed by atoms with Gasteiger partial charge in [-0.25, -0.2) is 4.68 Å². The minimum absolute atomic E-state index is 0.103. The molecule has 0 aliphatic rings. The molecule has 0 bridgehead atoms. The SMILES string of the molecule is Cc1nn(-c2ccccc2)c(C)c1CN(C)C(=O)Cc1ccc2ccccc2c1. The first kappa shape index (κ1) is 18.9. The first-order chi connectivity index (χ1) is 14.0. The Labute approximate surface area is 171 Å². The summed E-state index contributed by atoms with van der Waals surface area (Å²) in [7, 11) is 1.86. The van der Waals surface area contributed by atoms with E-state index in [9.17, 15) is 4.79 Å². The van der Waals surface area contributed by atoms with E-state index in [0.29, 0.717) is 13.0 Å². The van der Waals surface area contributed by atoms with Crippen LogP contribution in [0.1, 0.15) is 22.5 Å². The Morgan fingerprint density at radius 1 is 0.931 bits per heavy atom. The molecule has 1 aromatic heterocycles. The summed E-state index contributed by atoms with van der Waals surface area (Å²) < 4.78 is 1.95. The van der Waals surface area contributed by atoms with E-state index in [1.165, 1.54) is 5.39 Å². The lowest BCUT2D eigenvalue weighted by Crippen LogP contribution is -2.28. The van der Waals surface area contributed by atoms with Gasteiger partial charge in [0, 0.05) is 24.8 Å². The number of aromatic nitrogens is 2. The number of carbonyl (C=O) groups excluding carboxylic acids is 1. The van der Waals surface area contributed by atoms with Crippen molar-refractivity contribution < 1.29 is 4.79 Å². The van der Waals surface area contributed by atoms with Crippen LogP contribution in [0, 0.1) is 13.8 Å². The molecule has 0 aliphatic heterocycles. The van der Waals surface area contributed by atoms with Crippen LogP contribution < -0.4 is 0 Å². The summed E-state index contributed by atoms with van der Waals surface area (Å²) in [6.45, 7) is 4.62. The molecule has 0 atom stereocenters. The fourth-order valence-corrected chi connectivity index (χ4v) is 3.71. The first-order valence-corrected chi connectivity index (χ1v) is 9.85. The number of para-hydroxylation sites is 1. The average molecular weight is 383 g/mol. The molecule has 0 fully saturated rings. The predicted molar refractivity (Wildman–Crippen MR) is 117 cm³/mol. The Balaban J connectivity index is 1.50. The third-order valence-corrected chi connectivity index (χ3v) is 5.43. The van der Waals surface area contributed by atoms with Crippen LogP contribution in [0.2, 0.25) is 0 Å². The largest absolute Gasteiger partial charge is 0.341 e. The molecule has 146 valence electrons. The molecular weight excluding hydrogens is 358 g/mol. The number of aryl methyl sites for hydroxylation is 1. The van der Waals surface area contributed by atoms with Crippen molar-refractivity contribution in [1.29, 1.82) is 0 Å². The van der Waals surface area contributed by atoms with E-state index >= 15 is 0 Å². The van der Waals surface area contributed by atoms with Gasteiger partial charge in [-0.3, -0.25) is 4.79 Å². The molecule has 4 aromatic rings. The third kappa shape index (κ3) is 3.92. The maximum absolute atomic E-state index is 12.9. The smallest absolute Gasteiger partial charge is 0.227 e. The highest BCUT2D eigenvalue weighted by molar-refractivity contribution is 5.85. The maximum atomic E-state index is 12.9. The Hall–Kier alpha value is -3.40. The molecule has 4 heteroatoms. The van der Waals surface area contributed by atoms with Crippen LogP contribution in [0.5, 0.6) is 0 Å². The van der Waals surface area contributed by atoms with Gasteiger partial charge in [0.05, 0.1) is 17.8 Å². The van der Waals surface area contributed by atoms with Crippen LogP contribution in [0.3, 0.4) is 0 Å².